The molecule has 0 atom stereocenters. The van der Waals surface area contributed by atoms with Crippen molar-refractivity contribution < 1.29 is 27.9 Å². The molecule has 0 spiro atoms. The smallest absolute Gasteiger partial charge is 0.421 e. The van der Waals surface area contributed by atoms with Crippen LogP contribution < -0.4 is 4.72 Å². The highest BCUT2D eigenvalue weighted by Crippen LogP contribution is 1.96. The minimum Gasteiger partial charge on any atom is -0.481 e. The molecule has 0 fully saturated rings. The second-order valence-electron chi connectivity index (χ2n) is 2.79. The van der Waals surface area contributed by atoms with Crippen molar-refractivity contribution >= 4 is 22.3 Å². The van der Waals surface area contributed by atoms with Crippen LogP contribution in [0, 0.1) is 0 Å². The lowest BCUT2D eigenvalue weighted by Crippen LogP contribution is -2.42. The van der Waals surface area contributed by atoms with Crippen molar-refractivity contribution in [1.82, 2.24) is 9.03 Å². The maximum atomic E-state index is 11.3. The van der Waals surface area contributed by atoms with Crippen molar-refractivity contribution in [2.45, 2.75) is 13.3 Å². The van der Waals surface area contributed by atoms with Crippen molar-refractivity contribution in [3.05, 3.63) is 0 Å². The molecule has 2 N–H and O–H groups in total. The van der Waals surface area contributed by atoms with E-state index in [1.54, 1.807) is 4.72 Å². The van der Waals surface area contributed by atoms with Gasteiger partial charge in [0.05, 0.1) is 13.0 Å². The molecule has 0 aromatic rings. The SMILES string of the molecule is CCOC(=O)NS(=O)(=O)N(C)CCC(=O)O. The number of rotatable bonds is 6. The molecule has 0 saturated heterocycles. The fourth-order valence-corrected chi connectivity index (χ4v) is 1.47. The monoisotopic (exact) mass is 254 g/mol. The normalized spacial score (nSPS) is 11.2. The maximum Gasteiger partial charge on any atom is 0.421 e. The zero-order valence-corrected chi connectivity index (χ0v) is 9.78. The molecule has 0 radical (unpaired) electrons. The number of carboxylic acid groups (broad SMARTS) is 1. The number of hydrogen-bond acceptors (Lipinski definition) is 5. The van der Waals surface area contributed by atoms with E-state index >= 15 is 0 Å². The predicted octanol–water partition coefficient (Wildman–Crippen LogP) is -0.616. The standard InChI is InChI=1S/C7H14N2O6S/c1-3-15-7(12)8-16(13,14)9(2)5-4-6(10)11/h3-5H2,1-2H3,(H,8,12)(H,10,11). The van der Waals surface area contributed by atoms with Crippen molar-refractivity contribution in [1.29, 1.82) is 0 Å². The molecule has 94 valence electrons. The first kappa shape index (κ1) is 14.6. The van der Waals surface area contributed by atoms with Gasteiger partial charge in [-0.05, 0) is 6.92 Å². The van der Waals surface area contributed by atoms with E-state index in [1.807, 2.05) is 0 Å². The molecule has 0 unspecified atom stereocenters. The summed E-state index contributed by atoms with van der Waals surface area (Å²) in [6.07, 6.45) is -1.44. The number of nitrogens with zero attached hydrogens (tertiary/aromatic N) is 1. The summed E-state index contributed by atoms with van der Waals surface area (Å²) in [5.41, 5.74) is 0. The molecule has 0 saturated carbocycles. The zero-order valence-electron chi connectivity index (χ0n) is 8.97. The molecule has 0 aliphatic carbocycles. The van der Waals surface area contributed by atoms with Gasteiger partial charge in [0.2, 0.25) is 0 Å². The van der Waals surface area contributed by atoms with Crippen molar-refractivity contribution in [2.75, 3.05) is 20.2 Å². The molecule has 0 aromatic heterocycles. The summed E-state index contributed by atoms with van der Waals surface area (Å²) in [5.74, 6) is -1.13. The van der Waals surface area contributed by atoms with Crippen LogP contribution in [-0.2, 0) is 19.7 Å². The molecule has 0 rings (SSSR count). The summed E-state index contributed by atoms with van der Waals surface area (Å²) < 4.78 is 29.4. The second kappa shape index (κ2) is 6.28. The van der Waals surface area contributed by atoms with Gasteiger partial charge in [0, 0.05) is 13.6 Å². The van der Waals surface area contributed by atoms with E-state index in [1.165, 1.54) is 6.92 Å². The number of ether oxygens (including phenoxy) is 1. The Labute approximate surface area is 93.4 Å². The molecular formula is C7H14N2O6S. The maximum absolute atomic E-state index is 11.3. The van der Waals surface area contributed by atoms with Gasteiger partial charge in [-0.25, -0.2) is 9.52 Å². The number of carbonyl (C=O) groups excluding carboxylic acids is 1. The minimum absolute atomic E-state index is 0.0419. The first-order valence-electron chi connectivity index (χ1n) is 4.42. The second-order valence-corrected chi connectivity index (χ2v) is 4.57. The molecular weight excluding hydrogens is 240 g/mol. The van der Waals surface area contributed by atoms with Gasteiger partial charge in [0.25, 0.3) is 0 Å². The Kier molecular flexibility index (Phi) is 5.75. The van der Waals surface area contributed by atoms with Gasteiger partial charge in [-0.15, -0.1) is 0 Å². The fourth-order valence-electron chi connectivity index (χ4n) is 0.717. The van der Waals surface area contributed by atoms with Gasteiger partial charge >= 0.3 is 22.3 Å². The summed E-state index contributed by atoms with van der Waals surface area (Å²) in [6, 6.07) is 0. The van der Waals surface area contributed by atoms with Crippen LogP contribution in [0.25, 0.3) is 0 Å². The van der Waals surface area contributed by atoms with Crippen LogP contribution in [0.4, 0.5) is 4.79 Å². The molecule has 1 amide bonds. The zero-order chi connectivity index (χ0) is 12.8. The summed E-state index contributed by atoms with van der Waals surface area (Å²) in [5, 5.41) is 8.36. The van der Waals surface area contributed by atoms with Crippen molar-refractivity contribution in [3.8, 4) is 0 Å². The Morgan fingerprint density at radius 1 is 1.44 bits per heavy atom. The van der Waals surface area contributed by atoms with Gasteiger partial charge in [0.15, 0.2) is 0 Å². The van der Waals surface area contributed by atoms with Crippen molar-refractivity contribution in [3.63, 3.8) is 0 Å². The average molecular weight is 254 g/mol. The predicted molar refractivity (Wildman–Crippen MR) is 54.0 cm³/mol. The Morgan fingerprint density at radius 2 is 2.00 bits per heavy atom. The Morgan fingerprint density at radius 3 is 2.44 bits per heavy atom. The molecule has 0 bridgehead atoms. The molecule has 8 nitrogen and oxygen atoms in total. The number of carboxylic acids is 1. The van der Waals surface area contributed by atoms with Crippen LogP contribution in [0.15, 0.2) is 0 Å². The summed E-state index contributed by atoms with van der Waals surface area (Å²) in [4.78, 5) is 21.1. The molecule has 0 aromatic carbocycles. The van der Waals surface area contributed by atoms with Crippen LogP contribution in [0.1, 0.15) is 13.3 Å². The van der Waals surface area contributed by atoms with E-state index in [-0.39, 0.29) is 19.6 Å². The van der Waals surface area contributed by atoms with E-state index in [2.05, 4.69) is 4.74 Å². The third kappa shape index (κ3) is 5.51. The van der Waals surface area contributed by atoms with E-state index < -0.39 is 22.3 Å². The van der Waals surface area contributed by atoms with Gasteiger partial charge in [-0.3, -0.25) is 4.79 Å². The lowest BCUT2D eigenvalue weighted by atomic mass is 10.4. The largest absolute Gasteiger partial charge is 0.481 e. The highest BCUT2D eigenvalue weighted by molar-refractivity contribution is 7.87. The molecule has 0 aliphatic rings. The first-order chi connectivity index (χ1) is 7.29. The topological polar surface area (TPSA) is 113 Å². The fraction of sp³-hybridized carbons (Fsp3) is 0.714. The number of carbonyl (C=O) groups is 2. The van der Waals surface area contributed by atoms with Gasteiger partial charge in [-0.2, -0.15) is 12.7 Å². The Hall–Kier alpha value is -1.35. The van der Waals surface area contributed by atoms with Crippen LogP contribution in [-0.4, -0.2) is 50.1 Å². The van der Waals surface area contributed by atoms with E-state index in [0.29, 0.717) is 0 Å². The number of aliphatic carboxylic acids is 1. The summed E-state index contributed by atoms with van der Waals surface area (Å²) >= 11 is 0. The summed E-state index contributed by atoms with van der Waals surface area (Å²) in [6.45, 7) is 1.34. The number of hydrogen-bond donors (Lipinski definition) is 2. The third-order valence-electron chi connectivity index (χ3n) is 1.54. The highest BCUT2D eigenvalue weighted by atomic mass is 32.2. The average Bonchev–Trinajstić information content (AvgIpc) is 2.13. The lowest BCUT2D eigenvalue weighted by molar-refractivity contribution is -0.137. The minimum atomic E-state index is -4.03. The van der Waals surface area contributed by atoms with E-state index in [0.717, 1.165) is 11.4 Å². The summed E-state index contributed by atoms with van der Waals surface area (Å²) in [7, 11) is -2.87. The molecule has 0 heterocycles. The van der Waals surface area contributed by atoms with Gasteiger partial charge in [-0.1, -0.05) is 0 Å². The van der Waals surface area contributed by atoms with Crippen LogP contribution in [0.3, 0.4) is 0 Å². The molecule has 9 heteroatoms. The molecule has 16 heavy (non-hydrogen) atoms. The number of amides is 1. The number of nitrogens with one attached hydrogen (secondary N) is 1. The lowest BCUT2D eigenvalue weighted by Gasteiger charge is -2.15. The van der Waals surface area contributed by atoms with E-state index in [9.17, 15) is 18.0 Å². The van der Waals surface area contributed by atoms with Crippen molar-refractivity contribution in [2.24, 2.45) is 0 Å². The first-order valence-corrected chi connectivity index (χ1v) is 5.86. The van der Waals surface area contributed by atoms with Crippen LogP contribution in [0.5, 0.6) is 0 Å². The van der Waals surface area contributed by atoms with Gasteiger partial charge < -0.3 is 9.84 Å². The quantitative estimate of drug-likeness (QED) is 0.653. The van der Waals surface area contributed by atoms with E-state index in [4.69, 9.17) is 5.11 Å². The Balaban J connectivity index is 4.31. The Bertz CT molecular complexity index is 352. The van der Waals surface area contributed by atoms with Gasteiger partial charge in [0.1, 0.15) is 0 Å². The van der Waals surface area contributed by atoms with Crippen LogP contribution >= 0.6 is 0 Å². The van der Waals surface area contributed by atoms with Crippen LogP contribution in [0.2, 0.25) is 0 Å². The molecule has 0 aliphatic heterocycles. The highest BCUT2D eigenvalue weighted by Gasteiger charge is 2.21. The third-order valence-corrected chi connectivity index (χ3v) is 2.97.